The summed E-state index contributed by atoms with van der Waals surface area (Å²) < 4.78 is 42.7. The maximum atomic E-state index is 12.6. The third-order valence-electron chi connectivity index (χ3n) is 2.10. The Labute approximate surface area is 82.7 Å². The fourth-order valence-electron chi connectivity index (χ4n) is 1.51. The first-order chi connectivity index (χ1) is 7.04. The molecule has 0 aliphatic heterocycles. The molecule has 1 aromatic heterocycles. The molecule has 2 rings (SSSR count). The maximum absolute atomic E-state index is 12.6. The van der Waals surface area contributed by atoms with Gasteiger partial charge in [-0.3, -0.25) is 4.79 Å². The average Bonchev–Trinajstić information content (AvgIpc) is 2.54. The maximum Gasteiger partial charge on any atom is 0.514 e. The van der Waals surface area contributed by atoms with Crippen molar-refractivity contribution in [3.63, 3.8) is 0 Å². The molecule has 0 aliphatic carbocycles. The Bertz CT molecular complexity index is 516. The Morgan fingerprint density at radius 3 is 2.47 bits per heavy atom. The summed E-state index contributed by atoms with van der Waals surface area (Å²) in [5.41, 5.74) is -0.866. The van der Waals surface area contributed by atoms with Crippen LogP contribution in [0.4, 0.5) is 12.9 Å². The molecule has 1 heterocycles. The first kappa shape index (κ1) is 9.83. The zero-order valence-corrected chi connectivity index (χ0v) is 7.41. The first-order valence-corrected chi connectivity index (χ1v) is 4.20. The number of benzene rings is 1. The number of rotatable bonds is 2. The van der Waals surface area contributed by atoms with E-state index in [4.69, 9.17) is 4.42 Å². The van der Waals surface area contributed by atoms with Crippen LogP contribution >= 0.6 is 0 Å². The highest BCUT2D eigenvalue weighted by molar-refractivity contribution is 6.77. The van der Waals surface area contributed by atoms with Gasteiger partial charge in [0.1, 0.15) is 11.3 Å². The van der Waals surface area contributed by atoms with Gasteiger partial charge in [0.25, 0.3) is 0 Å². The lowest BCUT2D eigenvalue weighted by Crippen LogP contribution is -2.35. The summed E-state index contributed by atoms with van der Waals surface area (Å²) in [6, 6.07) is 5.70. The summed E-state index contributed by atoms with van der Waals surface area (Å²) >= 11 is 0. The second-order valence-electron chi connectivity index (χ2n) is 3.07. The fraction of sp³-hybridized carbons (Fsp3) is 0. The van der Waals surface area contributed by atoms with Gasteiger partial charge in [-0.05, 0) is 11.5 Å². The van der Waals surface area contributed by atoms with E-state index in [2.05, 4.69) is 0 Å². The normalized spacial score (nSPS) is 11.9. The number of furan rings is 1. The lowest BCUT2D eigenvalue weighted by molar-refractivity contribution is 0.110. The van der Waals surface area contributed by atoms with E-state index in [-0.39, 0.29) is 17.3 Å². The van der Waals surface area contributed by atoms with Crippen molar-refractivity contribution in [2.45, 2.75) is 0 Å². The van der Waals surface area contributed by atoms with Gasteiger partial charge in [-0.15, -0.1) is 0 Å². The lowest BCUT2D eigenvalue weighted by Gasteiger charge is -2.12. The topological polar surface area (TPSA) is 30.2 Å². The van der Waals surface area contributed by atoms with Gasteiger partial charge in [0.05, 0.1) is 0 Å². The smallest absolute Gasteiger partial charge is 0.456 e. The van der Waals surface area contributed by atoms with Gasteiger partial charge in [-0.2, -0.15) is 0 Å². The van der Waals surface area contributed by atoms with E-state index in [9.17, 15) is 17.7 Å². The molecule has 0 bridgehead atoms. The van der Waals surface area contributed by atoms with E-state index in [0.717, 1.165) is 0 Å². The van der Waals surface area contributed by atoms with Gasteiger partial charge < -0.3 is 17.4 Å². The minimum absolute atomic E-state index is 0.0629. The number of hydrogen-bond donors (Lipinski definition) is 0. The number of fused-ring (bicyclic) bond motifs is 1. The van der Waals surface area contributed by atoms with Gasteiger partial charge in [0, 0.05) is 0 Å². The number of hydrogen-bond acceptors (Lipinski definition) is 2. The van der Waals surface area contributed by atoms with Crippen molar-refractivity contribution in [2.24, 2.45) is 0 Å². The van der Waals surface area contributed by atoms with Crippen molar-refractivity contribution >= 4 is 29.7 Å². The van der Waals surface area contributed by atoms with Gasteiger partial charge in [0.15, 0.2) is 6.29 Å². The first-order valence-electron chi connectivity index (χ1n) is 4.20. The van der Waals surface area contributed by atoms with E-state index in [0.29, 0.717) is 0 Å². The van der Waals surface area contributed by atoms with E-state index in [1.807, 2.05) is 0 Å². The van der Waals surface area contributed by atoms with Crippen LogP contribution in [0.5, 0.6) is 0 Å². The molecule has 0 fully saturated rings. The SMILES string of the molecule is O=Cc1oc2ccccc2c1[B-](F)(F)F. The lowest BCUT2D eigenvalue weighted by atomic mass is 9.78. The van der Waals surface area contributed by atoms with Crippen molar-refractivity contribution in [3.8, 4) is 0 Å². The Balaban J connectivity index is 2.84. The molecule has 0 saturated carbocycles. The second-order valence-corrected chi connectivity index (χ2v) is 3.07. The molecular weight excluding hydrogens is 208 g/mol. The third-order valence-corrected chi connectivity index (χ3v) is 2.10. The van der Waals surface area contributed by atoms with Crippen molar-refractivity contribution in [2.75, 3.05) is 0 Å². The minimum atomic E-state index is -5.24. The van der Waals surface area contributed by atoms with E-state index in [1.165, 1.54) is 18.2 Å². The molecule has 2 aromatic rings. The summed E-state index contributed by atoms with van der Waals surface area (Å²) in [7, 11) is 0. The van der Waals surface area contributed by atoms with Gasteiger partial charge >= 0.3 is 6.98 Å². The van der Waals surface area contributed by atoms with Gasteiger partial charge in [-0.1, -0.05) is 23.7 Å². The number of carbonyl (C=O) groups excluding carboxylic acids is 1. The molecule has 0 amide bonds. The molecule has 0 radical (unpaired) electrons. The molecule has 0 aliphatic rings. The Hall–Kier alpha value is -1.72. The van der Waals surface area contributed by atoms with Crippen LogP contribution in [-0.2, 0) is 0 Å². The van der Waals surface area contributed by atoms with Crippen LogP contribution in [0.2, 0.25) is 0 Å². The Morgan fingerprint density at radius 2 is 1.87 bits per heavy atom. The summed E-state index contributed by atoms with van der Waals surface area (Å²) in [6.07, 6.45) is 0.0879. The zero-order valence-electron chi connectivity index (χ0n) is 7.41. The zero-order chi connectivity index (χ0) is 11.1. The van der Waals surface area contributed by atoms with Crippen LogP contribution in [0.3, 0.4) is 0 Å². The molecule has 2 nitrogen and oxygen atoms in total. The molecule has 6 heteroatoms. The standard InChI is InChI=1S/C9H5BF3O2/c11-10(12,13)9-6-3-1-2-4-7(6)15-8(9)5-14/h1-5H/q-1. The summed E-state index contributed by atoms with van der Waals surface area (Å²) in [6.45, 7) is -5.24. The summed E-state index contributed by atoms with van der Waals surface area (Å²) in [4.78, 5) is 10.5. The molecule has 0 spiro atoms. The molecule has 1 aromatic carbocycles. The van der Waals surface area contributed by atoms with Crippen LogP contribution in [0, 0.1) is 0 Å². The highest BCUT2D eigenvalue weighted by Gasteiger charge is 2.33. The number of aldehydes is 1. The van der Waals surface area contributed by atoms with Crippen LogP contribution in [0.25, 0.3) is 11.0 Å². The largest absolute Gasteiger partial charge is 0.514 e. The van der Waals surface area contributed by atoms with Crippen LogP contribution in [-0.4, -0.2) is 13.3 Å². The number of carbonyl (C=O) groups is 1. The van der Waals surface area contributed by atoms with E-state index < -0.39 is 18.2 Å². The Kier molecular flexibility index (Phi) is 2.06. The highest BCUT2D eigenvalue weighted by Crippen LogP contribution is 2.22. The van der Waals surface area contributed by atoms with E-state index in [1.54, 1.807) is 6.07 Å². The third kappa shape index (κ3) is 1.52. The molecule has 0 N–H and O–H groups in total. The predicted molar refractivity (Wildman–Crippen MR) is 50.3 cm³/mol. The molecule has 0 saturated heterocycles. The van der Waals surface area contributed by atoms with Crippen LogP contribution in [0.1, 0.15) is 10.6 Å². The average molecular weight is 213 g/mol. The molecular formula is C9H5BF3O2-. The highest BCUT2D eigenvalue weighted by atomic mass is 19.4. The van der Waals surface area contributed by atoms with Crippen molar-refractivity contribution < 1.29 is 22.2 Å². The summed E-state index contributed by atoms with van der Waals surface area (Å²) in [5.74, 6) is -0.649. The number of para-hydroxylation sites is 1. The molecule has 78 valence electrons. The minimum Gasteiger partial charge on any atom is -0.456 e. The molecule has 0 atom stereocenters. The molecule has 15 heavy (non-hydrogen) atoms. The summed E-state index contributed by atoms with van der Waals surface area (Å²) in [5, 5.41) is -0.0629. The fourth-order valence-corrected chi connectivity index (χ4v) is 1.51. The second kappa shape index (κ2) is 3.15. The van der Waals surface area contributed by atoms with Crippen molar-refractivity contribution in [3.05, 3.63) is 30.0 Å². The Morgan fingerprint density at radius 1 is 1.20 bits per heavy atom. The monoisotopic (exact) mass is 213 g/mol. The van der Waals surface area contributed by atoms with Gasteiger partial charge in [0.2, 0.25) is 0 Å². The van der Waals surface area contributed by atoms with Crippen LogP contribution < -0.4 is 5.46 Å². The van der Waals surface area contributed by atoms with Crippen LogP contribution in [0.15, 0.2) is 28.7 Å². The number of halogens is 3. The predicted octanol–water partition coefficient (Wildman–Crippen LogP) is 2.30. The quantitative estimate of drug-likeness (QED) is 0.565. The van der Waals surface area contributed by atoms with Crippen molar-refractivity contribution in [1.82, 2.24) is 0 Å². The van der Waals surface area contributed by atoms with Gasteiger partial charge in [-0.25, -0.2) is 0 Å². The van der Waals surface area contributed by atoms with E-state index >= 15 is 0 Å². The molecule has 0 unspecified atom stereocenters. The van der Waals surface area contributed by atoms with Crippen molar-refractivity contribution in [1.29, 1.82) is 0 Å².